The second-order valence-electron chi connectivity index (χ2n) is 3.63. The molecule has 0 spiro atoms. The molecule has 0 bridgehead atoms. The Kier molecular flexibility index (Phi) is 6.47. The molecule has 0 fully saturated rings. The van der Waals surface area contributed by atoms with Crippen molar-refractivity contribution < 1.29 is 29.0 Å². The van der Waals surface area contributed by atoms with Crippen molar-refractivity contribution in [3.05, 3.63) is 0 Å². The summed E-state index contributed by atoms with van der Waals surface area (Å²) in [6, 6.07) is 0. The van der Waals surface area contributed by atoms with E-state index < -0.39 is 24.5 Å². The van der Waals surface area contributed by atoms with E-state index in [2.05, 4.69) is 24.8 Å². The first-order valence-corrected chi connectivity index (χ1v) is 5.12. The van der Waals surface area contributed by atoms with Crippen LogP contribution in [0.1, 0.15) is 20.8 Å². The summed E-state index contributed by atoms with van der Waals surface area (Å²) in [5, 5.41) is 16.7. The average molecular weight is 263 g/mol. The quantitative estimate of drug-likeness (QED) is 0.241. The Morgan fingerprint density at radius 1 is 1.33 bits per heavy atom. The third kappa shape index (κ3) is 5.32. The summed E-state index contributed by atoms with van der Waals surface area (Å²) in [7, 11) is 1.42. The van der Waals surface area contributed by atoms with Crippen LogP contribution in [-0.4, -0.2) is 48.2 Å². The molecule has 9 heteroatoms. The van der Waals surface area contributed by atoms with Crippen LogP contribution in [0.2, 0.25) is 0 Å². The van der Waals surface area contributed by atoms with Crippen molar-refractivity contribution in [2.45, 2.75) is 26.3 Å². The number of hydrogen-bond donors (Lipinski definition) is 1. The van der Waals surface area contributed by atoms with Crippen LogP contribution in [0.5, 0.6) is 0 Å². The molecule has 104 valence electrons. The number of carbonyl (C=O) groups is 2. The lowest BCUT2D eigenvalue weighted by atomic mass is 10.1. The van der Waals surface area contributed by atoms with Crippen molar-refractivity contribution >= 4 is 12.1 Å². The normalized spacial score (nSPS) is 11.1. The van der Waals surface area contributed by atoms with Gasteiger partial charge in [-0.25, -0.2) is 9.59 Å². The van der Waals surface area contributed by atoms with Crippen molar-refractivity contribution in [2.24, 2.45) is 10.5 Å². The SMILES string of the molecule is CCOC(=O)OCON=NN(C)C(C)(C)C(=O)O. The minimum atomic E-state index is -1.23. The van der Waals surface area contributed by atoms with E-state index in [0.717, 1.165) is 5.01 Å². The fraction of sp³-hybridized carbons (Fsp3) is 0.778. The molecule has 9 nitrogen and oxygen atoms in total. The maximum Gasteiger partial charge on any atom is 0.511 e. The highest BCUT2D eigenvalue weighted by atomic mass is 16.8. The van der Waals surface area contributed by atoms with E-state index in [1.54, 1.807) is 6.92 Å². The summed E-state index contributed by atoms with van der Waals surface area (Å²) >= 11 is 0. The molecule has 0 saturated heterocycles. The number of nitrogens with zero attached hydrogens (tertiary/aromatic N) is 3. The number of hydrogen-bond acceptors (Lipinski definition) is 7. The van der Waals surface area contributed by atoms with E-state index in [1.807, 2.05) is 0 Å². The minimum Gasteiger partial charge on any atom is -0.479 e. The zero-order valence-electron chi connectivity index (χ0n) is 10.7. The predicted octanol–water partition coefficient (Wildman–Crippen LogP) is 1.21. The molecular weight excluding hydrogens is 246 g/mol. The van der Waals surface area contributed by atoms with Crippen molar-refractivity contribution in [3.8, 4) is 0 Å². The molecule has 0 atom stereocenters. The highest BCUT2D eigenvalue weighted by Crippen LogP contribution is 2.12. The summed E-state index contributed by atoms with van der Waals surface area (Å²) < 4.78 is 8.88. The van der Waals surface area contributed by atoms with Gasteiger partial charge in [0, 0.05) is 12.3 Å². The van der Waals surface area contributed by atoms with Crippen molar-refractivity contribution in [1.82, 2.24) is 5.01 Å². The fourth-order valence-corrected chi connectivity index (χ4v) is 0.588. The van der Waals surface area contributed by atoms with Crippen LogP contribution in [-0.2, 0) is 19.1 Å². The third-order valence-electron chi connectivity index (χ3n) is 2.05. The molecule has 18 heavy (non-hydrogen) atoms. The number of carbonyl (C=O) groups excluding carboxylic acids is 1. The Hall–Kier alpha value is -2.06. The highest BCUT2D eigenvalue weighted by molar-refractivity contribution is 5.77. The zero-order chi connectivity index (χ0) is 14.2. The smallest absolute Gasteiger partial charge is 0.479 e. The van der Waals surface area contributed by atoms with E-state index in [4.69, 9.17) is 5.11 Å². The molecule has 0 aromatic carbocycles. The van der Waals surface area contributed by atoms with Crippen LogP contribution in [0.3, 0.4) is 0 Å². The molecule has 0 saturated carbocycles. The number of carboxylic acid groups (broad SMARTS) is 1. The average Bonchev–Trinajstić information content (AvgIpc) is 2.28. The summed E-state index contributed by atoms with van der Waals surface area (Å²) in [6.07, 6.45) is -0.882. The number of likely N-dealkylation sites (N-methyl/N-ethyl adjacent to an activating group) is 1. The van der Waals surface area contributed by atoms with Gasteiger partial charge >= 0.3 is 12.1 Å². The standard InChI is InChI=1S/C9H17N3O6/c1-5-16-8(15)17-6-18-11-10-12(4)9(2,3)7(13)14/h5-6H2,1-4H3,(H,13,14). The number of rotatable bonds is 7. The number of aliphatic carboxylic acids is 1. The van der Waals surface area contributed by atoms with Gasteiger partial charge in [-0.05, 0) is 26.0 Å². The van der Waals surface area contributed by atoms with Gasteiger partial charge in [-0.3, -0.25) is 5.01 Å². The topological polar surface area (TPSA) is 110 Å². The van der Waals surface area contributed by atoms with Crippen molar-refractivity contribution in [1.29, 1.82) is 0 Å². The van der Waals surface area contributed by atoms with Crippen molar-refractivity contribution in [3.63, 3.8) is 0 Å². The molecule has 0 radical (unpaired) electrons. The van der Waals surface area contributed by atoms with Crippen LogP contribution < -0.4 is 0 Å². The predicted molar refractivity (Wildman–Crippen MR) is 58.4 cm³/mol. The Morgan fingerprint density at radius 2 is 1.94 bits per heavy atom. The first-order valence-electron chi connectivity index (χ1n) is 5.12. The van der Waals surface area contributed by atoms with Gasteiger partial charge in [0.1, 0.15) is 0 Å². The Morgan fingerprint density at radius 3 is 2.44 bits per heavy atom. The fourth-order valence-electron chi connectivity index (χ4n) is 0.588. The molecule has 0 aliphatic rings. The third-order valence-corrected chi connectivity index (χ3v) is 2.05. The minimum absolute atomic E-state index is 0.190. The monoisotopic (exact) mass is 263 g/mol. The Bertz CT molecular complexity index is 317. The molecule has 0 amide bonds. The molecule has 1 N–H and O–H groups in total. The lowest BCUT2D eigenvalue weighted by Gasteiger charge is -2.26. The Labute approximate surface area is 104 Å². The van der Waals surface area contributed by atoms with Gasteiger partial charge in [-0.1, -0.05) is 0 Å². The largest absolute Gasteiger partial charge is 0.511 e. The highest BCUT2D eigenvalue weighted by Gasteiger charge is 2.32. The first-order chi connectivity index (χ1) is 8.32. The summed E-state index contributed by atoms with van der Waals surface area (Å²) in [5.74, 6) is -1.06. The lowest BCUT2D eigenvalue weighted by Crippen LogP contribution is -2.44. The van der Waals surface area contributed by atoms with E-state index >= 15 is 0 Å². The van der Waals surface area contributed by atoms with E-state index in [1.165, 1.54) is 20.9 Å². The lowest BCUT2D eigenvalue weighted by molar-refractivity contribution is -0.149. The molecule has 0 aromatic rings. The molecule has 0 rings (SSSR count). The van der Waals surface area contributed by atoms with Gasteiger partial charge < -0.3 is 19.4 Å². The van der Waals surface area contributed by atoms with Gasteiger partial charge in [-0.2, -0.15) is 0 Å². The van der Waals surface area contributed by atoms with E-state index in [-0.39, 0.29) is 6.61 Å². The van der Waals surface area contributed by atoms with Crippen LogP contribution in [0, 0.1) is 0 Å². The van der Waals surface area contributed by atoms with Gasteiger partial charge in [-0.15, -0.1) is 0 Å². The molecule has 0 unspecified atom stereocenters. The molecular formula is C9H17N3O6. The van der Waals surface area contributed by atoms with Crippen molar-refractivity contribution in [2.75, 3.05) is 20.4 Å². The van der Waals surface area contributed by atoms with Gasteiger partial charge in [0.2, 0.25) is 0 Å². The summed E-state index contributed by atoms with van der Waals surface area (Å²) in [5.41, 5.74) is -1.23. The first kappa shape index (κ1) is 15.9. The maximum atomic E-state index is 10.8. The molecule has 0 heterocycles. The Balaban J connectivity index is 3.97. The zero-order valence-corrected chi connectivity index (χ0v) is 10.7. The second kappa shape index (κ2) is 7.30. The van der Waals surface area contributed by atoms with Gasteiger partial charge in [0.15, 0.2) is 5.54 Å². The van der Waals surface area contributed by atoms with Crippen LogP contribution >= 0.6 is 0 Å². The molecule has 0 aromatic heterocycles. The van der Waals surface area contributed by atoms with E-state index in [9.17, 15) is 9.59 Å². The van der Waals surface area contributed by atoms with Crippen LogP contribution in [0.4, 0.5) is 4.79 Å². The number of ether oxygens (including phenoxy) is 2. The summed E-state index contributed by atoms with van der Waals surface area (Å²) in [6.45, 7) is 4.25. The van der Waals surface area contributed by atoms with Gasteiger partial charge in [0.05, 0.1) is 6.61 Å². The van der Waals surface area contributed by atoms with Crippen LogP contribution in [0.25, 0.3) is 0 Å². The molecule has 0 aliphatic carbocycles. The van der Waals surface area contributed by atoms with Gasteiger partial charge in [0.25, 0.3) is 6.79 Å². The second-order valence-corrected chi connectivity index (χ2v) is 3.63. The van der Waals surface area contributed by atoms with E-state index in [0.29, 0.717) is 0 Å². The summed E-state index contributed by atoms with van der Waals surface area (Å²) in [4.78, 5) is 26.0. The van der Waals surface area contributed by atoms with Crippen LogP contribution in [0.15, 0.2) is 10.5 Å². The maximum absolute atomic E-state index is 10.8. The molecule has 0 aliphatic heterocycles. The number of carboxylic acids is 1.